The molecule has 208 valence electrons. The van der Waals surface area contributed by atoms with Crippen molar-refractivity contribution in [1.29, 1.82) is 0 Å². The first-order valence-corrected chi connectivity index (χ1v) is 12.9. The summed E-state index contributed by atoms with van der Waals surface area (Å²) in [7, 11) is 0. The molecule has 37 heavy (non-hydrogen) atoms. The average molecular weight is 524 g/mol. The Morgan fingerprint density at radius 2 is 1.65 bits per heavy atom. The van der Waals surface area contributed by atoms with E-state index in [1.165, 1.54) is 4.90 Å². The molecule has 0 radical (unpaired) electrons. The van der Waals surface area contributed by atoms with Crippen LogP contribution in [0.15, 0.2) is 0 Å². The van der Waals surface area contributed by atoms with Crippen LogP contribution in [-0.2, 0) is 28.7 Å². The third kappa shape index (κ3) is 9.01. The molecule has 0 spiro atoms. The summed E-state index contributed by atoms with van der Waals surface area (Å²) in [6.07, 6.45) is 4.16. The normalized spacial score (nSPS) is 19.4. The van der Waals surface area contributed by atoms with Crippen LogP contribution in [-0.4, -0.2) is 77.2 Å². The number of hydrogen-bond donors (Lipinski definition) is 4. The van der Waals surface area contributed by atoms with Crippen LogP contribution in [0, 0.1) is 11.8 Å². The first-order chi connectivity index (χ1) is 17.2. The van der Waals surface area contributed by atoms with E-state index in [1.54, 1.807) is 34.6 Å². The molecular formula is C25H41N5O7. The van der Waals surface area contributed by atoms with Gasteiger partial charge in [0.2, 0.25) is 17.6 Å². The number of nitrogens with zero attached hydrogens (tertiary/aromatic N) is 1. The Kier molecular flexibility index (Phi) is 10.4. The van der Waals surface area contributed by atoms with Crippen molar-refractivity contribution in [3.05, 3.63) is 0 Å². The average Bonchev–Trinajstić information content (AvgIpc) is 3.25. The Labute approximate surface area is 217 Å². The van der Waals surface area contributed by atoms with Crippen LogP contribution in [0.25, 0.3) is 0 Å². The van der Waals surface area contributed by atoms with Crippen LogP contribution in [0.3, 0.4) is 0 Å². The number of carbonyl (C=O) groups is 6. The highest BCUT2D eigenvalue weighted by molar-refractivity contribution is 6.37. The Balaban J connectivity index is 2.02. The minimum absolute atomic E-state index is 0.239. The maximum absolute atomic E-state index is 13.4. The summed E-state index contributed by atoms with van der Waals surface area (Å²) in [5, 5.41) is 7.63. The van der Waals surface area contributed by atoms with Gasteiger partial charge in [-0.25, -0.2) is 4.79 Å². The van der Waals surface area contributed by atoms with Crippen LogP contribution in [0.5, 0.6) is 0 Å². The summed E-state index contributed by atoms with van der Waals surface area (Å²) >= 11 is 0. The summed E-state index contributed by atoms with van der Waals surface area (Å²) < 4.78 is 5.15. The predicted octanol–water partition coefficient (Wildman–Crippen LogP) is 0.372. The highest BCUT2D eigenvalue weighted by Gasteiger charge is 2.40. The summed E-state index contributed by atoms with van der Waals surface area (Å²) in [6.45, 7) is 8.57. The van der Waals surface area contributed by atoms with Gasteiger partial charge in [0.15, 0.2) is 0 Å². The topological polar surface area (TPSA) is 177 Å². The third-order valence-electron chi connectivity index (χ3n) is 6.54. The number of esters is 1. The highest BCUT2D eigenvalue weighted by Crippen LogP contribution is 2.31. The molecule has 0 bridgehead atoms. The molecule has 3 unspecified atom stereocenters. The standard InChI is InChI=1S/C25H41N5O7/c1-14(2)19(29-24(36)27-13-18(31)37-25(3,4)5)23(35)30-11-7-10-17(30)22(34)28-16(20(32)21(26)33)12-15-8-6-9-15/h14-17,19H,6-13H2,1-5H3,(H2,26,33)(H,28,34)(H2,27,29,36). The van der Waals surface area contributed by atoms with Gasteiger partial charge in [0.25, 0.3) is 5.91 Å². The zero-order valence-electron chi connectivity index (χ0n) is 22.4. The smallest absolute Gasteiger partial charge is 0.325 e. The maximum atomic E-state index is 13.4. The number of ketones is 1. The monoisotopic (exact) mass is 523 g/mol. The molecule has 1 aliphatic heterocycles. The number of urea groups is 1. The second-order valence-electron chi connectivity index (χ2n) is 11.1. The van der Waals surface area contributed by atoms with Gasteiger partial charge in [0, 0.05) is 6.54 Å². The fourth-order valence-electron chi connectivity index (χ4n) is 4.45. The minimum Gasteiger partial charge on any atom is -0.459 e. The van der Waals surface area contributed by atoms with Crippen molar-refractivity contribution in [2.24, 2.45) is 17.6 Å². The van der Waals surface area contributed by atoms with Gasteiger partial charge in [-0.1, -0.05) is 33.1 Å². The molecule has 1 aliphatic carbocycles. The molecule has 2 aliphatic rings. The van der Waals surface area contributed by atoms with Crippen molar-refractivity contribution >= 4 is 35.5 Å². The summed E-state index contributed by atoms with van der Waals surface area (Å²) in [4.78, 5) is 76.1. The van der Waals surface area contributed by atoms with Crippen molar-refractivity contribution in [2.75, 3.05) is 13.1 Å². The zero-order valence-corrected chi connectivity index (χ0v) is 22.4. The second kappa shape index (κ2) is 12.9. The molecule has 1 heterocycles. The predicted molar refractivity (Wildman–Crippen MR) is 134 cm³/mol. The second-order valence-corrected chi connectivity index (χ2v) is 11.1. The first kappa shape index (κ1) is 30.0. The fourth-order valence-corrected chi connectivity index (χ4v) is 4.45. The van der Waals surface area contributed by atoms with E-state index < -0.39 is 59.2 Å². The Bertz CT molecular complexity index is 894. The lowest BCUT2D eigenvalue weighted by atomic mass is 9.80. The third-order valence-corrected chi connectivity index (χ3v) is 6.54. The number of nitrogens with one attached hydrogen (secondary N) is 3. The molecule has 0 aromatic carbocycles. The molecule has 2 rings (SSSR count). The SMILES string of the molecule is CC(C)C(NC(=O)NCC(=O)OC(C)(C)C)C(=O)N1CCCC1C(=O)NC(CC1CCC1)C(=O)C(N)=O. The minimum atomic E-state index is -1.11. The van der Waals surface area contributed by atoms with Gasteiger partial charge in [-0.3, -0.25) is 24.0 Å². The van der Waals surface area contributed by atoms with Crippen LogP contribution in [0.4, 0.5) is 4.79 Å². The lowest BCUT2D eigenvalue weighted by molar-refractivity contribution is -0.153. The number of primary amides is 1. The van der Waals surface area contributed by atoms with Crippen molar-refractivity contribution in [3.63, 3.8) is 0 Å². The van der Waals surface area contributed by atoms with E-state index in [2.05, 4.69) is 16.0 Å². The van der Waals surface area contributed by atoms with E-state index in [0.29, 0.717) is 25.8 Å². The number of ether oxygens (including phenoxy) is 1. The van der Waals surface area contributed by atoms with Gasteiger partial charge in [0.05, 0.1) is 6.04 Å². The zero-order chi connectivity index (χ0) is 27.9. The summed E-state index contributed by atoms with van der Waals surface area (Å²) in [5.41, 5.74) is 4.49. The van der Waals surface area contributed by atoms with Crippen LogP contribution < -0.4 is 21.7 Å². The number of carbonyl (C=O) groups excluding carboxylic acids is 6. The quantitative estimate of drug-likeness (QED) is 0.223. The van der Waals surface area contributed by atoms with E-state index >= 15 is 0 Å². The van der Waals surface area contributed by atoms with Crippen LogP contribution in [0.1, 0.15) is 73.1 Å². The lowest BCUT2D eigenvalue weighted by Gasteiger charge is -2.32. The van der Waals surface area contributed by atoms with E-state index in [1.807, 2.05) is 0 Å². The molecule has 2 fully saturated rings. The molecule has 1 saturated heterocycles. The van der Waals surface area contributed by atoms with Crippen molar-refractivity contribution < 1.29 is 33.5 Å². The van der Waals surface area contributed by atoms with Crippen LogP contribution >= 0.6 is 0 Å². The summed E-state index contributed by atoms with van der Waals surface area (Å²) in [6, 6.07) is -3.54. The summed E-state index contributed by atoms with van der Waals surface area (Å²) in [5.74, 6) is -3.62. The molecule has 12 nitrogen and oxygen atoms in total. The molecule has 0 aromatic rings. The molecule has 12 heteroatoms. The number of likely N-dealkylation sites (tertiary alicyclic amines) is 1. The van der Waals surface area contributed by atoms with Crippen molar-refractivity contribution in [1.82, 2.24) is 20.9 Å². The maximum Gasteiger partial charge on any atom is 0.325 e. The molecule has 0 aromatic heterocycles. The van der Waals surface area contributed by atoms with Gasteiger partial charge in [-0.2, -0.15) is 0 Å². The van der Waals surface area contributed by atoms with Gasteiger partial charge in [0.1, 0.15) is 24.2 Å². The van der Waals surface area contributed by atoms with E-state index in [9.17, 15) is 28.8 Å². The molecule has 3 atom stereocenters. The Hall–Kier alpha value is -3.18. The fraction of sp³-hybridized carbons (Fsp3) is 0.760. The molecule has 1 saturated carbocycles. The van der Waals surface area contributed by atoms with E-state index in [-0.39, 0.29) is 18.4 Å². The van der Waals surface area contributed by atoms with E-state index in [0.717, 1.165) is 19.3 Å². The van der Waals surface area contributed by atoms with Crippen LogP contribution in [0.2, 0.25) is 0 Å². The number of hydrogen-bond acceptors (Lipinski definition) is 7. The van der Waals surface area contributed by atoms with Gasteiger partial charge >= 0.3 is 12.0 Å². The highest BCUT2D eigenvalue weighted by atomic mass is 16.6. The number of rotatable bonds is 11. The van der Waals surface area contributed by atoms with Gasteiger partial charge in [-0.05, 0) is 51.9 Å². The van der Waals surface area contributed by atoms with E-state index in [4.69, 9.17) is 10.5 Å². The Morgan fingerprint density at radius 1 is 1.00 bits per heavy atom. The van der Waals surface area contributed by atoms with Crippen molar-refractivity contribution in [2.45, 2.75) is 96.9 Å². The molecular weight excluding hydrogens is 482 g/mol. The van der Waals surface area contributed by atoms with Gasteiger partial charge < -0.3 is 31.3 Å². The van der Waals surface area contributed by atoms with Gasteiger partial charge in [-0.15, -0.1) is 0 Å². The first-order valence-electron chi connectivity index (χ1n) is 12.9. The Morgan fingerprint density at radius 3 is 2.16 bits per heavy atom. The number of amides is 5. The largest absolute Gasteiger partial charge is 0.459 e. The number of Topliss-reactive ketones (excluding diaryl/α,β-unsaturated/α-hetero) is 1. The van der Waals surface area contributed by atoms with Crippen molar-refractivity contribution in [3.8, 4) is 0 Å². The lowest BCUT2D eigenvalue weighted by Crippen LogP contribution is -2.58. The number of nitrogens with two attached hydrogens (primary N) is 1. The molecule has 5 N–H and O–H groups in total. The molecule has 5 amide bonds.